The van der Waals surface area contributed by atoms with E-state index in [-0.39, 0.29) is 32.7 Å². The van der Waals surface area contributed by atoms with Crippen LogP contribution >= 0.6 is 12.2 Å². The normalized spacial score (nSPS) is 9.55. The molecule has 0 spiro atoms. The van der Waals surface area contributed by atoms with Gasteiger partial charge in [-0.1, -0.05) is 0 Å². The molecule has 9 heteroatoms. The van der Waals surface area contributed by atoms with Gasteiger partial charge in [-0.3, -0.25) is 0 Å². The molecule has 0 saturated heterocycles. The second kappa shape index (κ2) is 9.75. The van der Waals surface area contributed by atoms with Gasteiger partial charge in [0.05, 0.1) is 23.8 Å². The Bertz CT molecular complexity index is 583. The summed E-state index contributed by atoms with van der Waals surface area (Å²) in [6.07, 6.45) is 0. The van der Waals surface area contributed by atoms with E-state index in [1.54, 1.807) is 55.6 Å². The van der Waals surface area contributed by atoms with E-state index in [4.69, 9.17) is 9.99 Å². The third kappa shape index (κ3) is 4.93. The van der Waals surface area contributed by atoms with Crippen molar-refractivity contribution in [2.75, 3.05) is 16.8 Å². The SMILES string of the molecule is COc1ccc(N(N=O)c2ccc(NSOO)cc2)cc1.[Y]. The van der Waals surface area contributed by atoms with Crippen molar-refractivity contribution in [3.8, 4) is 5.75 Å². The maximum atomic E-state index is 11.1. The summed E-state index contributed by atoms with van der Waals surface area (Å²) in [5, 5.41) is 12.5. The van der Waals surface area contributed by atoms with Gasteiger partial charge in [-0.05, 0) is 48.5 Å². The minimum absolute atomic E-state index is 0. The Morgan fingerprint density at radius 2 is 1.64 bits per heavy atom. The number of anilines is 3. The largest absolute Gasteiger partial charge is 0.497 e. The smallest absolute Gasteiger partial charge is 0.148 e. The van der Waals surface area contributed by atoms with Crippen molar-refractivity contribution in [3.63, 3.8) is 0 Å². The van der Waals surface area contributed by atoms with Gasteiger partial charge >= 0.3 is 0 Å². The van der Waals surface area contributed by atoms with Crippen LogP contribution in [0.1, 0.15) is 0 Å². The summed E-state index contributed by atoms with van der Waals surface area (Å²) in [7, 11) is 1.57. The van der Waals surface area contributed by atoms with E-state index in [0.717, 1.165) is 0 Å². The van der Waals surface area contributed by atoms with Crippen molar-refractivity contribution in [2.24, 2.45) is 5.29 Å². The van der Waals surface area contributed by atoms with Crippen LogP contribution in [-0.4, -0.2) is 12.4 Å². The van der Waals surface area contributed by atoms with Crippen LogP contribution < -0.4 is 14.5 Å². The number of nitrogens with one attached hydrogen (secondary N) is 1. The Balaban J connectivity index is 0.00000242. The van der Waals surface area contributed by atoms with Crippen LogP contribution in [0.4, 0.5) is 17.1 Å². The van der Waals surface area contributed by atoms with E-state index in [2.05, 4.69) is 14.3 Å². The minimum Gasteiger partial charge on any atom is -0.497 e. The van der Waals surface area contributed by atoms with Crippen molar-refractivity contribution in [1.29, 1.82) is 0 Å². The number of nitroso groups, excluding NO2 is 1. The number of ether oxygens (including phenoxy) is 1. The van der Waals surface area contributed by atoms with E-state index in [9.17, 15) is 4.91 Å². The van der Waals surface area contributed by atoms with Gasteiger partial charge in [0.25, 0.3) is 0 Å². The number of hydrogen-bond acceptors (Lipinski definition) is 7. The first kappa shape index (κ1) is 18.9. The molecule has 0 fully saturated rings. The Morgan fingerprint density at radius 1 is 1.09 bits per heavy atom. The zero-order valence-electron chi connectivity index (χ0n) is 11.7. The van der Waals surface area contributed by atoms with Crippen LogP contribution in [0.5, 0.6) is 5.75 Å². The quantitative estimate of drug-likeness (QED) is 0.241. The van der Waals surface area contributed by atoms with Crippen LogP contribution in [0.3, 0.4) is 0 Å². The van der Waals surface area contributed by atoms with Gasteiger partial charge < -0.3 is 9.46 Å². The molecule has 0 amide bonds. The molecule has 0 atom stereocenters. The number of methoxy groups -OCH3 is 1. The van der Waals surface area contributed by atoms with Crippen LogP contribution in [0.25, 0.3) is 0 Å². The van der Waals surface area contributed by atoms with Crippen LogP contribution in [-0.2, 0) is 37.0 Å². The molecule has 1 radical (unpaired) electrons. The second-order valence-corrected chi connectivity index (χ2v) is 4.42. The molecule has 2 aromatic carbocycles. The number of nitrogens with zero attached hydrogens (tertiary/aromatic N) is 2. The first-order valence-electron chi connectivity index (χ1n) is 5.89. The maximum Gasteiger partial charge on any atom is 0.148 e. The zero-order valence-corrected chi connectivity index (χ0v) is 15.3. The fourth-order valence-electron chi connectivity index (χ4n) is 1.70. The Labute approximate surface area is 157 Å². The van der Waals surface area contributed by atoms with Crippen molar-refractivity contribution in [3.05, 3.63) is 53.4 Å². The maximum absolute atomic E-state index is 11.1. The van der Waals surface area contributed by atoms with E-state index in [1.165, 1.54) is 5.01 Å². The predicted molar refractivity (Wildman–Crippen MR) is 82.3 cm³/mol. The molecule has 0 saturated carbocycles. The molecule has 0 heterocycles. The number of rotatable bonds is 7. The summed E-state index contributed by atoms with van der Waals surface area (Å²) >= 11 is 0.675. The van der Waals surface area contributed by atoms with Gasteiger partial charge in [0.2, 0.25) is 0 Å². The van der Waals surface area contributed by atoms with E-state index >= 15 is 0 Å². The van der Waals surface area contributed by atoms with Crippen molar-refractivity contribution < 1.29 is 47.0 Å². The molecule has 2 rings (SSSR count). The molecule has 0 aliphatic carbocycles. The van der Waals surface area contributed by atoms with E-state index < -0.39 is 0 Å². The third-order valence-electron chi connectivity index (χ3n) is 2.71. The average molecular weight is 396 g/mol. The molecule has 0 aromatic heterocycles. The Kier molecular flexibility index (Phi) is 8.36. The van der Waals surface area contributed by atoms with E-state index in [0.29, 0.717) is 35.0 Å². The summed E-state index contributed by atoms with van der Waals surface area (Å²) < 4.78 is 11.7. The number of hydrogen-bond donors (Lipinski definition) is 2. The van der Waals surface area contributed by atoms with E-state index in [1.807, 2.05) is 0 Å². The molecule has 0 bridgehead atoms. The van der Waals surface area contributed by atoms with Gasteiger partial charge in [-0.15, -0.1) is 9.24 Å². The molecule has 0 unspecified atom stereocenters. The third-order valence-corrected chi connectivity index (χ3v) is 3.10. The summed E-state index contributed by atoms with van der Waals surface area (Å²) in [6, 6.07) is 13.9. The Morgan fingerprint density at radius 3 is 2.09 bits per heavy atom. The summed E-state index contributed by atoms with van der Waals surface area (Å²) in [5.74, 6) is 0.699. The molecular weight excluding hydrogens is 383 g/mol. The zero-order chi connectivity index (χ0) is 15.1. The molecule has 0 aliphatic rings. The van der Waals surface area contributed by atoms with Crippen molar-refractivity contribution in [2.45, 2.75) is 0 Å². The number of benzene rings is 2. The topological polar surface area (TPSA) is 83.4 Å². The molecule has 2 aromatic rings. The van der Waals surface area contributed by atoms with Gasteiger partial charge in [0, 0.05) is 38.4 Å². The van der Waals surface area contributed by atoms with Crippen LogP contribution in [0.15, 0.2) is 53.8 Å². The predicted octanol–water partition coefficient (Wildman–Crippen LogP) is 3.98. The fourth-order valence-corrected chi connectivity index (χ4v) is 1.97. The monoisotopic (exact) mass is 396 g/mol. The molecular formula is C13H13N3O4SY. The molecule has 7 nitrogen and oxygen atoms in total. The van der Waals surface area contributed by atoms with Crippen LogP contribution in [0, 0.1) is 4.91 Å². The van der Waals surface area contributed by atoms with Crippen molar-refractivity contribution in [1.82, 2.24) is 0 Å². The summed E-state index contributed by atoms with van der Waals surface area (Å²) in [6.45, 7) is 0. The molecule has 2 N–H and O–H groups in total. The van der Waals surface area contributed by atoms with Crippen molar-refractivity contribution >= 4 is 29.3 Å². The average Bonchev–Trinajstić information content (AvgIpc) is 2.55. The molecule has 0 aliphatic heterocycles. The minimum atomic E-state index is 0. The van der Waals surface area contributed by atoms with Gasteiger partial charge in [0.15, 0.2) is 0 Å². The van der Waals surface area contributed by atoms with Gasteiger partial charge in [-0.2, -0.15) is 5.01 Å². The van der Waals surface area contributed by atoms with Gasteiger partial charge in [0.1, 0.15) is 18.0 Å². The second-order valence-electron chi connectivity index (χ2n) is 3.90. The fraction of sp³-hybridized carbons (Fsp3) is 0.0769. The summed E-state index contributed by atoms with van der Waals surface area (Å²) in [4.78, 5) is 11.1. The Hall–Kier alpha value is -1.19. The molecule has 22 heavy (non-hydrogen) atoms. The molecule has 113 valence electrons. The summed E-state index contributed by atoms with van der Waals surface area (Å²) in [5.41, 5.74) is 1.94. The van der Waals surface area contributed by atoms with Gasteiger partial charge in [-0.25, -0.2) is 5.26 Å². The van der Waals surface area contributed by atoms with Crippen LogP contribution in [0.2, 0.25) is 0 Å². The first-order chi connectivity index (χ1) is 10.3. The standard InChI is InChI=1S/C13H13N3O4S.Y/c1-19-13-8-6-12(7-9-13)16(15-17)11-4-2-10(3-5-11)14-21-20-18;/h2-9,14,18H,1H3;. The first-order valence-corrected chi connectivity index (χ1v) is 6.63.